The van der Waals surface area contributed by atoms with E-state index in [1.165, 1.54) is 0 Å². The van der Waals surface area contributed by atoms with Crippen LogP contribution in [-0.4, -0.2) is 12.8 Å². The Bertz CT molecular complexity index is 593. The number of carbonyl (C=O) groups is 1. The van der Waals surface area contributed by atoms with E-state index in [0.29, 0.717) is 16.1 Å². The Hall–Kier alpha value is -1.80. The summed E-state index contributed by atoms with van der Waals surface area (Å²) in [7, 11) is 1.80. The standard InChI is InChI=1S/C15H14ClNO/c1-10-7-8-14(17-2)12(9-10)15(18)11-5-3-4-6-13(11)16/h3-9,17H,1-2H3. The Labute approximate surface area is 112 Å². The molecule has 18 heavy (non-hydrogen) atoms. The molecule has 2 aromatic carbocycles. The molecule has 0 bridgehead atoms. The molecule has 0 fully saturated rings. The smallest absolute Gasteiger partial charge is 0.196 e. The third-order valence-electron chi connectivity index (χ3n) is 2.81. The molecule has 0 spiro atoms. The van der Waals surface area contributed by atoms with Gasteiger partial charge in [0.15, 0.2) is 5.78 Å². The molecule has 2 rings (SSSR count). The molecule has 0 atom stereocenters. The summed E-state index contributed by atoms with van der Waals surface area (Å²) in [6, 6.07) is 12.8. The van der Waals surface area contributed by atoms with Crippen LogP contribution < -0.4 is 5.32 Å². The van der Waals surface area contributed by atoms with Crippen molar-refractivity contribution in [3.05, 3.63) is 64.2 Å². The van der Waals surface area contributed by atoms with Crippen LogP contribution in [0.25, 0.3) is 0 Å². The van der Waals surface area contributed by atoms with Crippen molar-refractivity contribution in [2.24, 2.45) is 0 Å². The van der Waals surface area contributed by atoms with Crippen molar-refractivity contribution in [2.75, 3.05) is 12.4 Å². The summed E-state index contributed by atoms with van der Waals surface area (Å²) in [4.78, 5) is 12.5. The van der Waals surface area contributed by atoms with Gasteiger partial charge in [0.25, 0.3) is 0 Å². The van der Waals surface area contributed by atoms with Crippen LogP contribution in [0.2, 0.25) is 5.02 Å². The Morgan fingerprint density at radius 3 is 2.50 bits per heavy atom. The van der Waals surface area contributed by atoms with Gasteiger partial charge in [-0.1, -0.05) is 35.4 Å². The highest BCUT2D eigenvalue weighted by Crippen LogP contribution is 2.24. The van der Waals surface area contributed by atoms with Crippen LogP contribution in [0.1, 0.15) is 21.5 Å². The quantitative estimate of drug-likeness (QED) is 0.847. The maximum Gasteiger partial charge on any atom is 0.196 e. The van der Waals surface area contributed by atoms with Crippen molar-refractivity contribution in [2.45, 2.75) is 6.92 Å². The second-order valence-electron chi connectivity index (χ2n) is 4.11. The van der Waals surface area contributed by atoms with E-state index in [4.69, 9.17) is 11.6 Å². The Balaban J connectivity index is 2.52. The SMILES string of the molecule is CNc1ccc(C)cc1C(=O)c1ccccc1Cl. The molecule has 0 aromatic heterocycles. The van der Waals surface area contributed by atoms with Crippen LogP contribution in [0, 0.1) is 6.92 Å². The van der Waals surface area contributed by atoms with Crippen LogP contribution in [0.3, 0.4) is 0 Å². The van der Waals surface area contributed by atoms with Crippen molar-refractivity contribution >= 4 is 23.1 Å². The van der Waals surface area contributed by atoms with Crippen molar-refractivity contribution in [3.63, 3.8) is 0 Å². The second kappa shape index (κ2) is 5.23. The van der Waals surface area contributed by atoms with Crippen LogP contribution in [0.4, 0.5) is 5.69 Å². The summed E-state index contributed by atoms with van der Waals surface area (Å²) in [6.45, 7) is 1.96. The van der Waals surface area contributed by atoms with Crippen LogP contribution in [0.15, 0.2) is 42.5 Å². The van der Waals surface area contributed by atoms with Gasteiger partial charge in [0.2, 0.25) is 0 Å². The van der Waals surface area contributed by atoms with E-state index in [1.807, 2.05) is 37.3 Å². The topological polar surface area (TPSA) is 29.1 Å². The van der Waals surface area contributed by atoms with Gasteiger partial charge in [-0.3, -0.25) is 4.79 Å². The third-order valence-corrected chi connectivity index (χ3v) is 3.14. The number of aryl methyl sites for hydroxylation is 1. The van der Waals surface area contributed by atoms with E-state index in [9.17, 15) is 4.79 Å². The summed E-state index contributed by atoms with van der Waals surface area (Å²) < 4.78 is 0. The van der Waals surface area contributed by atoms with Crippen molar-refractivity contribution in [3.8, 4) is 0 Å². The number of ketones is 1. The lowest BCUT2D eigenvalue weighted by Gasteiger charge is -2.10. The molecule has 92 valence electrons. The molecule has 0 saturated heterocycles. The number of nitrogens with one attached hydrogen (secondary N) is 1. The summed E-state index contributed by atoms with van der Waals surface area (Å²) >= 11 is 6.06. The average molecular weight is 260 g/mol. The van der Waals surface area contributed by atoms with E-state index in [-0.39, 0.29) is 5.78 Å². The zero-order valence-electron chi connectivity index (χ0n) is 10.3. The normalized spacial score (nSPS) is 10.2. The fraction of sp³-hybridized carbons (Fsp3) is 0.133. The van der Waals surface area contributed by atoms with E-state index >= 15 is 0 Å². The highest BCUT2D eigenvalue weighted by molar-refractivity contribution is 6.35. The largest absolute Gasteiger partial charge is 0.388 e. The minimum absolute atomic E-state index is 0.0614. The average Bonchev–Trinajstić information content (AvgIpc) is 2.38. The molecular formula is C15H14ClNO. The van der Waals surface area contributed by atoms with Crippen LogP contribution in [-0.2, 0) is 0 Å². The fourth-order valence-electron chi connectivity index (χ4n) is 1.85. The van der Waals surface area contributed by atoms with Crippen molar-refractivity contribution in [1.29, 1.82) is 0 Å². The molecule has 0 heterocycles. The molecule has 0 saturated carbocycles. The third kappa shape index (κ3) is 2.39. The van der Waals surface area contributed by atoms with Gasteiger partial charge in [0, 0.05) is 23.9 Å². The summed E-state index contributed by atoms with van der Waals surface area (Å²) in [5, 5.41) is 3.51. The Kier molecular flexibility index (Phi) is 3.68. The minimum Gasteiger partial charge on any atom is -0.388 e. The first kappa shape index (κ1) is 12.7. The van der Waals surface area contributed by atoms with Crippen LogP contribution >= 0.6 is 11.6 Å². The Morgan fingerprint density at radius 1 is 1.11 bits per heavy atom. The molecule has 0 radical (unpaired) electrons. The van der Waals surface area contributed by atoms with E-state index < -0.39 is 0 Å². The fourth-order valence-corrected chi connectivity index (χ4v) is 2.08. The van der Waals surface area contributed by atoms with Crippen LogP contribution in [0.5, 0.6) is 0 Å². The first-order chi connectivity index (χ1) is 8.63. The second-order valence-corrected chi connectivity index (χ2v) is 4.52. The maximum absolute atomic E-state index is 12.5. The molecule has 0 unspecified atom stereocenters. The highest BCUT2D eigenvalue weighted by Gasteiger charge is 2.15. The first-order valence-electron chi connectivity index (χ1n) is 5.71. The minimum atomic E-state index is -0.0614. The highest BCUT2D eigenvalue weighted by atomic mass is 35.5. The van der Waals surface area contributed by atoms with Gasteiger partial charge < -0.3 is 5.32 Å². The van der Waals surface area contributed by atoms with Gasteiger partial charge in [0.1, 0.15) is 0 Å². The number of hydrogen-bond acceptors (Lipinski definition) is 2. The number of benzene rings is 2. The molecule has 0 aliphatic carbocycles. The summed E-state index contributed by atoms with van der Waals surface area (Å²) in [5.74, 6) is -0.0614. The molecule has 2 nitrogen and oxygen atoms in total. The molecule has 2 aromatic rings. The molecule has 0 aliphatic rings. The monoisotopic (exact) mass is 259 g/mol. The van der Waals surface area contributed by atoms with Crippen molar-refractivity contribution in [1.82, 2.24) is 0 Å². The molecule has 3 heteroatoms. The number of halogens is 1. The van der Waals surface area contributed by atoms with Gasteiger partial charge in [0.05, 0.1) is 5.02 Å². The lowest BCUT2D eigenvalue weighted by Crippen LogP contribution is -2.06. The number of anilines is 1. The molecule has 1 N–H and O–H groups in total. The van der Waals surface area contributed by atoms with Gasteiger partial charge in [-0.15, -0.1) is 0 Å². The molecule has 0 aliphatic heterocycles. The predicted octanol–water partition coefficient (Wildman–Crippen LogP) is 3.92. The van der Waals surface area contributed by atoms with Gasteiger partial charge in [-0.2, -0.15) is 0 Å². The van der Waals surface area contributed by atoms with Gasteiger partial charge in [-0.25, -0.2) is 0 Å². The maximum atomic E-state index is 12.5. The Morgan fingerprint density at radius 2 is 1.83 bits per heavy atom. The number of hydrogen-bond donors (Lipinski definition) is 1. The van der Waals surface area contributed by atoms with E-state index in [0.717, 1.165) is 11.3 Å². The lowest BCUT2D eigenvalue weighted by atomic mass is 10.00. The van der Waals surface area contributed by atoms with E-state index in [2.05, 4.69) is 5.32 Å². The summed E-state index contributed by atoms with van der Waals surface area (Å²) in [6.07, 6.45) is 0. The van der Waals surface area contributed by atoms with Gasteiger partial charge >= 0.3 is 0 Å². The molecule has 0 amide bonds. The molecular weight excluding hydrogens is 246 g/mol. The number of rotatable bonds is 3. The zero-order chi connectivity index (χ0) is 13.1. The van der Waals surface area contributed by atoms with Crippen molar-refractivity contribution < 1.29 is 4.79 Å². The van der Waals surface area contributed by atoms with Gasteiger partial charge in [-0.05, 0) is 31.2 Å². The first-order valence-corrected chi connectivity index (χ1v) is 6.09. The summed E-state index contributed by atoms with van der Waals surface area (Å²) in [5.41, 5.74) is 3.03. The number of carbonyl (C=O) groups excluding carboxylic acids is 1. The lowest BCUT2D eigenvalue weighted by molar-refractivity contribution is 0.103. The predicted molar refractivity (Wildman–Crippen MR) is 75.6 cm³/mol. The zero-order valence-corrected chi connectivity index (χ0v) is 11.1. The van der Waals surface area contributed by atoms with E-state index in [1.54, 1.807) is 19.2 Å².